The van der Waals surface area contributed by atoms with E-state index < -0.39 is 12.1 Å². The van der Waals surface area contributed by atoms with Gasteiger partial charge >= 0.3 is 0 Å². The van der Waals surface area contributed by atoms with Crippen molar-refractivity contribution in [3.05, 3.63) is 34.9 Å². The van der Waals surface area contributed by atoms with Gasteiger partial charge in [-0.3, -0.25) is 4.79 Å². The van der Waals surface area contributed by atoms with Gasteiger partial charge in [0.15, 0.2) is 0 Å². The van der Waals surface area contributed by atoms with E-state index in [-0.39, 0.29) is 5.91 Å². The molecule has 2 atom stereocenters. The first-order valence-electron chi connectivity index (χ1n) is 8.97. The number of fused-ring (bicyclic) bond motifs is 1. The summed E-state index contributed by atoms with van der Waals surface area (Å²) in [5.74, 6) is -0.208. The van der Waals surface area contributed by atoms with Gasteiger partial charge in [-0.15, -0.1) is 0 Å². The van der Waals surface area contributed by atoms with Crippen LogP contribution in [0.25, 0.3) is 0 Å². The maximum Gasteiger partial charge on any atom is 0.251 e. The largest absolute Gasteiger partial charge is 0.367 e. The van der Waals surface area contributed by atoms with Gasteiger partial charge in [0.1, 0.15) is 12.1 Å². The Bertz CT molecular complexity index is 647. The Morgan fingerprint density at radius 1 is 1.52 bits per heavy atom. The summed E-state index contributed by atoms with van der Waals surface area (Å²) in [4.78, 5) is 14.7. The number of nitriles is 1. The molecule has 134 valence electrons. The van der Waals surface area contributed by atoms with Gasteiger partial charge in [-0.1, -0.05) is 18.2 Å². The second kappa shape index (κ2) is 8.43. The van der Waals surface area contributed by atoms with Gasteiger partial charge in [0.25, 0.3) is 5.91 Å². The van der Waals surface area contributed by atoms with Crippen molar-refractivity contribution in [3.63, 3.8) is 0 Å². The summed E-state index contributed by atoms with van der Waals surface area (Å²) in [7, 11) is 2.13. The molecule has 0 bridgehead atoms. The van der Waals surface area contributed by atoms with Crippen molar-refractivity contribution < 1.29 is 9.53 Å². The van der Waals surface area contributed by atoms with Crippen LogP contribution in [0.4, 0.5) is 0 Å². The average Bonchev–Trinajstić information content (AvgIpc) is 2.90. The van der Waals surface area contributed by atoms with E-state index in [9.17, 15) is 10.1 Å². The summed E-state index contributed by atoms with van der Waals surface area (Å²) >= 11 is 0. The van der Waals surface area contributed by atoms with Crippen molar-refractivity contribution in [3.8, 4) is 6.07 Å². The number of likely N-dealkylation sites (N-methyl/N-ethyl adjacent to an activating group) is 1. The minimum atomic E-state index is -0.538. The molecule has 1 saturated heterocycles. The Hall–Kier alpha value is -1.94. The van der Waals surface area contributed by atoms with Crippen LogP contribution in [-0.2, 0) is 28.9 Å². The molecule has 1 amide bonds. The highest BCUT2D eigenvalue weighted by molar-refractivity contribution is 5.81. The summed E-state index contributed by atoms with van der Waals surface area (Å²) in [6.07, 6.45) is 1.93. The first-order chi connectivity index (χ1) is 12.2. The fraction of sp³-hybridized carbons (Fsp3) is 0.579. The normalized spacial score (nSPS) is 22.3. The Morgan fingerprint density at radius 3 is 3.24 bits per heavy atom. The molecule has 3 rings (SSSR count). The van der Waals surface area contributed by atoms with E-state index in [2.05, 4.69) is 46.8 Å². The van der Waals surface area contributed by atoms with E-state index in [0.717, 1.165) is 38.0 Å². The lowest BCUT2D eigenvalue weighted by Gasteiger charge is -2.25. The van der Waals surface area contributed by atoms with Crippen LogP contribution in [0, 0.1) is 11.3 Å². The van der Waals surface area contributed by atoms with Crippen LogP contribution in [0.15, 0.2) is 18.2 Å². The fourth-order valence-corrected chi connectivity index (χ4v) is 3.39. The highest BCUT2D eigenvalue weighted by Gasteiger charge is 2.23. The zero-order chi connectivity index (χ0) is 17.6. The van der Waals surface area contributed by atoms with Gasteiger partial charge in [0.2, 0.25) is 0 Å². The minimum Gasteiger partial charge on any atom is -0.367 e. The van der Waals surface area contributed by atoms with Crippen LogP contribution >= 0.6 is 0 Å². The quantitative estimate of drug-likeness (QED) is 0.838. The first kappa shape index (κ1) is 17.9. The summed E-state index contributed by atoms with van der Waals surface area (Å²) in [5, 5.41) is 15.4. The maximum absolute atomic E-state index is 12.3. The summed E-state index contributed by atoms with van der Waals surface area (Å²) in [5.41, 5.74) is 3.80. The number of nitrogens with zero attached hydrogens (tertiary/aromatic N) is 2. The van der Waals surface area contributed by atoms with Crippen molar-refractivity contribution in [1.29, 1.82) is 5.26 Å². The van der Waals surface area contributed by atoms with Gasteiger partial charge in [-0.2, -0.15) is 5.26 Å². The highest BCUT2D eigenvalue weighted by atomic mass is 16.5. The van der Waals surface area contributed by atoms with E-state index in [1.807, 2.05) is 0 Å². The second-order valence-electron chi connectivity index (χ2n) is 6.90. The van der Waals surface area contributed by atoms with Crippen LogP contribution in [0.5, 0.6) is 0 Å². The molecular formula is C19H26N4O2. The zero-order valence-electron chi connectivity index (χ0n) is 14.8. The number of nitrogens with one attached hydrogen (secondary N) is 2. The van der Waals surface area contributed by atoms with E-state index in [1.54, 1.807) is 0 Å². The SMILES string of the molecule is CN1CCc2cc(CC(C#N)NC(=O)[C@@H]3CNCCCO3)ccc2C1. The average molecular weight is 342 g/mol. The van der Waals surface area contributed by atoms with Crippen molar-refractivity contribution in [2.45, 2.75) is 38.0 Å². The van der Waals surface area contributed by atoms with Crippen LogP contribution in [-0.4, -0.2) is 56.2 Å². The molecule has 6 nitrogen and oxygen atoms in total. The predicted octanol–water partition coefficient (Wildman–Crippen LogP) is 0.604. The highest BCUT2D eigenvalue weighted by Crippen LogP contribution is 2.20. The van der Waals surface area contributed by atoms with Gasteiger partial charge in [-0.05, 0) is 43.1 Å². The molecule has 1 aromatic carbocycles. The van der Waals surface area contributed by atoms with Crippen molar-refractivity contribution in [1.82, 2.24) is 15.5 Å². The lowest BCUT2D eigenvalue weighted by atomic mass is 9.95. The smallest absolute Gasteiger partial charge is 0.251 e. The molecule has 2 N–H and O–H groups in total. The van der Waals surface area contributed by atoms with Gasteiger partial charge in [-0.25, -0.2) is 0 Å². The van der Waals surface area contributed by atoms with E-state index in [0.29, 0.717) is 19.6 Å². The number of carbonyl (C=O) groups excluding carboxylic acids is 1. The molecule has 0 saturated carbocycles. The van der Waals surface area contributed by atoms with Crippen molar-refractivity contribution >= 4 is 5.91 Å². The summed E-state index contributed by atoms with van der Waals surface area (Å²) in [6.45, 7) is 3.95. The lowest BCUT2D eigenvalue weighted by molar-refractivity contribution is -0.132. The Kier molecular flexibility index (Phi) is 6.03. The number of carbonyl (C=O) groups is 1. The van der Waals surface area contributed by atoms with Crippen LogP contribution in [0.1, 0.15) is 23.1 Å². The first-order valence-corrected chi connectivity index (χ1v) is 8.97. The van der Waals surface area contributed by atoms with E-state index in [4.69, 9.17) is 4.74 Å². The third-order valence-corrected chi connectivity index (χ3v) is 4.83. The monoisotopic (exact) mass is 342 g/mol. The Balaban J connectivity index is 1.60. The summed E-state index contributed by atoms with van der Waals surface area (Å²) in [6, 6.07) is 8.07. The third-order valence-electron chi connectivity index (χ3n) is 4.83. The number of ether oxygens (including phenoxy) is 1. The van der Waals surface area contributed by atoms with Crippen molar-refractivity contribution in [2.24, 2.45) is 0 Å². The van der Waals surface area contributed by atoms with E-state index in [1.165, 1.54) is 11.1 Å². The summed E-state index contributed by atoms with van der Waals surface area (Å²) < 4.78 is 5.56. The second-order valence-corrected chi connectivity index (χ2v) is 6.90. The Labute approximate surface area is 149 Å². The molecule has 2 aliphatic heterocycles. The number of benzene rings is 1. The molecule has 1 unspecified atom stereocenters. The lowest BCUT2D eigenvalue weighted by Crippen LogP contribution is -2.46. The van der Waals surface area contributed by atoms with Crippen LogP contribution in [0.3, 0.4) is 0 Å². The molecule has 6 heteroatoms. The van der Waals surface area contributed by atoms with Crippen LogP contribution in [0.2, 0.25) is 0 Å². The number of amides is 1. The molecule has 2 heterocycles. The topological polar surface area (TPSA) is 77.4 Å². The maximum atomic E-state index is 12.3. The molecule has 0 radical (unpaired) electrons. The molecule has 0 aliphatic carbocycles. The standard InChI is InChI=1S/C19H26N4O2/c1-23-7-5-15-9-14(3-4-16(15)13-23)10-17(11-20)22-19(24)18-12-21-6-2-8-25-18/h3-4,9,17-18,21H,2,5-8,10,12-13H2,1H3,(H,22,24)/t17?,18-/m0/s1. The molecule has 1 aromatic rings. The molecule has 1 fully saturated rings. The third kappa shape index (κ3) is 4.79. The van der Waals surface area contributed by atoms with Gasteiger partial charge in [0.05, 0.1) is 6.07 Å². The molecule has 25 heavy (non-hydrogen) atoms. The molecule has 0 spiro atoms. The van der Waals surface area contributed by atoms with Crippen LogP contribution < -0.4 is 10.6 Å². The molecule has 0 aromatic heterocycles. The fourth-order valence-electron chi connectivity index (χ4n) is 3.39. The number of hydrogen-bond acceptors (Lipinski definition) is 5. The van der Waals surface area contributed by atoms with E-state index >= 15 is 0 Å². The minimum absolute atomic E-state index is 0.208. The van der Waals surface area contributed by atoms with Crippen molar-refractivity contribution in [2.75, 3.05) is 33.3 Å². The Morgan fingerprint density at radius 2 is 2.40 bits per heavy atom. The molecule has 2 aliphatic rings. The van der Waals surface area contributed by atoms with Gasteiger partial charge in [0, 0.05) is 32.7 Å². The number of rotatable bonds is 4. The molecular weight excluding hydrogens is 316 g/mol. The van der Waals surface area contributed by atoms with Gasteiger partial charge < -0.3 is 20.3 Å². The predicted molar refractivity (Wildman–Crippen MR) is 95.0 cm³/mol. The number of hydrogen-bond donors (Lipinski definition) is 2. The zero-order valence-corrected chi connectivity index (χ0v) is 14.8.